The maximum absolute atomic E-state index is 5.55. The summed E-state index contributed by atoms with van der Waals surface area (Å²) in [5, 5.41) is 0. The predicted octanol–water partition coefficient (Wildman–Crippen LogP) is 1.79. The largest absolute Gasteiger partial charge is 0.351 e. The summed E-state index contributed by atoms with van der Waals surface area (Å²) in [5.74, 6) is 0. The third-order valence-corrected chi connectivity index (χ3v) is 3.17. The van der Waals surface area contributed by atoms with Crippen LogP contribution in [-0.4, -0.2) is 19.0 Å². The second-order valence-corrected chi connectivity index (χ2v) is 4.85. The molecule has 3 fully saturated rings. The van der Waals surface area contributed by atoms with E-state index in [0.717, 1.165) is 0 Å². The van der Waals surface area contributed by atoms with Crippen molar-refractivity contribution < 1.29 is 9.47 Å². The van der Waals surface area contributed by atoms with E-state index in [0.29, 0.717) is 19.0 Å². The first-order chi connectivity index (χ1) is 4.97. The van der Waals surface area contributed by atoms with Gasteiger partial charge in [0.1, 0.15) is 6.79 Å². The number of hydrogen-bond donors (Lipinski definition) is 0. The first-order valence-electron chi connectivity index (χ1n) is 4.20. The van der Waals surface area contributed by atoms with Crippen LogP contribution in [0.25, 0.3) is 0 Å². The van der Waals surface area contributed by atoms with Crippen molar-refractivity contribution in [3.8, 4) is 0 Å². The summed E-state index contributed by atoms with van der Waals surface area (Å²) in [5.41, 5.74) is 0.448. The Hall–Kier alpha value is -0.0800. The second kappa shape index (κ2) is 1.80. The monoisotopic (exact) mass is 156 g/mol. The molecule has 2 aliphatic heterocycles. The summed E-state index contributed by atoms with van der Waals surface area (Å²) in [4.78, 5) is 0. The van der Waals surface area contributed by atoms with Crippen LogP contribution in [0.4, 0.5) is 0 Å². The van der Waals surface area contributed by atoms with E-state index in [4.69, 9.17) is 9.47 Å². The van der Waals surface area contributed by atoms with Crippen molar-refractivity contribution in [3.63, 3.8) is 0 Å². The highest BCUT2D eigenvalue weighted by Crippen LogP contribution is 2.59. The van der Waals surface area contributed by atoms with Gasteiger partial charge in [-0.25, -0.2) is 0 Å². The molecule has 1 saturated carbocycles. The standard InChI is InChI=1S/C9H16O2/c1-8(2)6-9(3,4)7(8)11-5-10-6/h6-7H,5H2,1-4H3. The molecule has 0 radical (unpaired) electrons. The van der Waals surface area contributed by atoms with Crippen LogP contribution >= 0.6 is 0 Å². The van der Waals surface area contributed by atoms with E-state index in [1.165, 1.54) is 0 Å². The molecule has 11 heavy (non-hydrogen) atoms. The molecule has 3 aliphatic rings. The quantitative estimate of drug-likeness (QED) is 0.532. The Labute approximate surface area is 67.9 Å². The fourth-order valence-corrected chi connectivity index (χ4v) is 3.13. The summed E-state index contributed by atoms with van der Waals surface area (Å²) < 4.78 is 11.1. The Morgan fingerprint density at radius 2 is 1.27 bits per heavy atom. The zero-order chi connectivity index (χ0) is 8.28. The maximum Gasteiger partial charge on any atom is 0.147 e. The number of hydrogen-bond acceptors (Lipinski definition) is 2. The lowest BCUT2D eigenvalue weighted by atomic mass is 9.50. The summed E-state index contributed by atoms with van der Waals surface area (Å²) in [6.07, 6.45) is 0.766. The van der Waals surface area contributed by atoms with Crippen molar-refractivity contribution in [3.05, 3.63) is 0 Å². The molecule has 2 heteroatoms. The summed E-state index contributed by atoms with van der Waals surface area (Å²) in [6, 6.07) is 0. The minimum atomic E-state index is 0.224. The highest BCUT2D eigenvalue weighted by atomic mass is 16.7. The molecule has 0 aromatic heterocycles. The molecule has 0 aromatic carbocycles. The minimum Gasteiger partial charge on any atom is -0.351 e. The van der Waals surface area contributed by atoms with Gasteiger partial charge in [-0.15, -0.1) is 0 Å². The Balaban J connectivity index is 2.27. The van der Waals surface area contributed by atoms with E-state index in [1.807, 2.05) is 0 Å². The first-order valence-corrected chi connectivity index (χ1v) is 4.20. The molecule has 0 aromatic rings. The zero-order valence-electron chi connectivity index (χ0n) is 7.68. The maximum atomic E-state index is 5.55. The van der Waals surface area contributed by atoms with Crippen LogP contribution in [0, 0.1) is 10.8 Å². The Morgan fingerprint density at radius 3 is 1.45 bits per heavy atom. The Morgan fingerprint density at radius 1 is 0.909 bits per heavy atom. The molecule has 2 nitrogen and oxygen atoms in total. The van der Waals surface area contributed by atoms with E-state index in [2.05, 4.69) is 27.7 Å². The van der Waals surface area contributed by atoms with Gasteiger partial charge in [0.05, 0.1) is 12.2 Å². The highest BCUT2D eigenvalue weighted by molar-refractivity contribution is 5.13. The molecular weight excluding hydrogens is 140 g/mol. The molecule has 1 aliphatic carbocycles. The van der Waals surface area contributed by atoms with Gasteiger partial charge >= 0.3 is 0 Å². The van der Waals surface area contributed by atoms with E-state index in [-0.39, 0.29) is 10.8 Å². The van der Waals surface area contributed by atoms with Crippen LogP contribution < -0.4 is 0 Å². The normalized spacial score (nSPS) is 44.7. The summed E-state index contributed by atoms with van der Waals surface area (Å²) >= 11 is 0. The Kier molecular flexibility index (Phi) is 1.24. The summed E-state index contributed by atoms with van der Waals surface area (Å²) in [6.45, 7) is 9.35. The molecule has 0 unspecified atom stereocenters. The van der Waals surface area contributed by atoms with Gasteiger partial charge in [0, 0.05) is 10.8 Å². The fraction of sp³-hybridized carbons (Fsp3) is 1.00. The van der Waals surface area contributed by atoms with Crippen molar-refractivity contribution in [2.24, 2.45) is 10.8 Å². The molecule has 3 rings (SSSR count). The van der Waals surface area contributed by atoms with Gasteiger partial charge in [-0.3, -0.25) is 0 Å². The lowest BCUT2D eigenvalue weighted by molar-refractivity contribution is -0.375. The number of ether oxygens (including phenoxy) is 2. The topological polar surface area (TPSA) is 18.5 Å². The molecule has 2 bridgehead atoms. The molecular formula is C9H16O2. The van der Waals surface area contributed by atoms with E-state index < -0.39 is 0 Å². The van der Waals surface area contributed by atoms with E-state index in [1.54, 1.807) is 0 Å². The molecule has 2 saturated heterocycles. The second-order valence-electron chi connectivity index (χ2n) is 4.85. The average Bonchev–Trinajstić information content (AvgIpc) is 1.85. The minimum absolute atomic E-state index is 0.224. The van der Waals surface area contributed by atoms with Gasteiger partial charge in [-0.1, -0.05) is 27.7 Å². The van der Waals surface area contributed by atoms with Crippen molar-refractivity contribution in [2.75, 3.05) is 6.79 Å². The van der Waals surface area contributed by atoms with Crippen LogP contribution in [0.1, 0.15) is 27.7 Å². The highest BCUT2D eigenvalue weighted by Gasteiger charge is 2.65. The molecule has 0 N–H and O–H groups in total. The van der Waals surface area contributed by atoms with E-state index in [9.17, 15) is 0 Å². The molecule has 2 heterocycles. The molecule has 0 amide bonds. The van der Waals surface area contributed by atoms with Crippen LogP contribution in [-0.2, 0) is 9.47 Å². The molecule has 0 atom stereocenters. The van der Waals surface area contributed by atoms with Gasteiger partial charge in [0.2, 0.25) is 0 Å². The first kappa shape index (κ1) is 7.56. The number of fused-ring (bicyclic) bond motifs is 2. The predicted molar refractivity (Wildman–Crippen MR) is 42.2 cm³/mol. The van der Waals surface area contributed by atoms with Crippen LogP contribution in [0.2, 0.25) is 0 Å². The van der Waals surface area contributed by atoms with Crippen molar-refractivity contribution in [2.45, 2.75) is 39.9 Å². The SMILES string of the molecule is CC1(C)C2OCOC1C2(C)C. The van der Waals surface area contributed by atoms with Crippen molar-refractivity contribution >= 4 is 0 Å². The van der Waals surface area contributed by atoms with Gasteiger partial charge in [-0.05, 0) is 0 Å². The van der Waals surface area contributed by atoms with Crippen LogP contribution in [0.3, 0.4) is 0 Å². The molecule has 0 spiro atoms. The Bertz CT molecular complexity index is 152. The van der Waals surface area contributed by atoms with Gasteiger partial charge < -0.3 is 9.47 Å². The zero-order valence-corrected chi connectivity index (χ0v) is 7.68. The fourth-order valence-electron chi connectivity index (χ4n) is 3.13. The summed E-state index contributed by atoms with van der Waals surface area (Å²) in [7, 11) is 0. The lowest BCUT2D eigenvalue weighted by Crippen LogP contribution is -2.72. The van der Waals surface area contributed by atoms with Crippen LogP contribution in [0.15, 0.2) is 0 Å². The van der Waals surface area contributed by atoms with Crippen LogP contribution in [0.5, 0.6) is 0 Å². The van der Waals surface area contributed by atoms with Crippen molar-refractivity contribution in [1.29, 1.82) is 0 Å². The van der Waals surface area contributed by atoms with E-state index >= 15 is 0 Å². The smallest absolute Gasteiger partial charge is 0.147 e. The van der Waals surface area contributed by atoms with Gasteiger partial charge in [0.25, 0.3) is 0 Å². The average molecular weight is 156 g/mol. The van der Waals surface area contributed by atoms with Crippen molar-refractivity contribution in [1.82, 2.24) is 0 Å². The molecule has 64 valence electrons. The van der Waals surface area contributed by atoms with Gasteiger partial charge in [-0.2, -0.15) is 0 Å². The van der Waals surface area contributed by atoms with Gasteiger partial charge in [0.15, 0.2) is 0 Å². The third kappa shape index (κ3) is 0.695. The third-order valence-electron chi connectivity index (χ3n) is 3.17. The number of rotatable bonds is 0. The lowest BCUT2D eigenvalue weighted by Gasteiger charge is -2.65.